The molecular formula is C14H19N3. The standard InChI is InChI=1S/C14H19N3/c1-11-8-12(10-15)9-13(16-11)17-6-4-14(2,3)5-7-17/h8-9H,4-7H2,1-3H3. The maximum atomic E-state index is 8.97. The van der Waals surface area contributed by atoms with Crippen LogP contribution >= 0.6 is 0 Å². The van der Waals surface area contributed by atoms with Gasteiger partial charge in [-0.3, -0.25) is 0 Å². The van der Waals surface area contributed by atoms with Crippen LogP contribution in [0.2, 0.25) is 0 Å². The molecule has 17 heavy (non-hydrogen) atoms. The van der Waals surface area contributed by atoms with Gasteiger partial charge in [0.1, 0.15) is 5.82 Å². The number of hydrogen-bond donors (Lipinski definition) is 0. The number of piperidine rings is 1. The molecule has 2 rings (SSSR count). The summed E-state index contributed by atoms with van der Waals surface area (Å²) in [5.41, 5.74) is 2.07. The maximum absolute atomic E-state index is 8.97. The molecule has 0 atom stereocenters. The molecule has 90 valence electrons. The first-order valence-corrected chi connectivity index (χ1v) is 6.14. The van der Waals surface area contributed by atoms with Gasteiger partial charge >= 0.3 is 0 Å². The fraction of sp³-hybridized carbons (Fsp3) is 0.571. The van der Waals surface area contributed by atoms with E-state index in [4.69, 9.17) is 5.26 Å². The first-order chi connectivity index (χ1) is 8.00. The first kappa shape index (κ1) is 11.9. The largest absolute Gasteiger partial charge is 0.357 e. The summed E-state index contributed by atoms with van der Waals surface area (Å²) in [6.07, 6.45) is 2.37. The van der Waals surface area contributed by atoms with E-state index in [1.165, 1.54) is 12.8 Å². The van der Waals surface area contributed by atoms with E-state index in [0.717, 1.165) is 24.6 Å². The van der Waals surface area contributed by atoms with Crippen LogP contribution in [0.4, 0.5) is 5.82 Å². The summed E-state index contributed by atoms with van der Waals surface area (Å²) in [5.74, 6) is 0.956. The Labute approximate surface area is 103 Å². The van der Waals surface area contributed by atoms with Crippen molar-refractivity contribution < 1.29 is 0 Å². The highest BCUT2D eigenvalue weighted by molar-refractivity contribution is 5.46. The predicted molar refractivity (Wildman–Crippen MR) is 68.9 cm³/mol. The van der Waals surface area contributed by atoms with Crippen molar-refractivity contribution in [3.05, 3.63) is 23.4 Å². The fourth-order valence-electron chi connectivity index (χ4n) is 2.22. The van der Waals surface area contributed by atoms with Crippen molar-refractivity contribution in [1.82, 2.24) is 4.98 Å². The van der Waals surface area contributed by atoms with E-state index in [1.807, 2.05) is 19.1 Å². The lowest BCUT2D eigenvalue weighted by atomic mass is 9.83. The molecule has 1 saturated heterocycles. The van der Waals surface area contributed by atoms with Crippen molar-refractivity contribution in [1.29, 1.82) is 5.26 Å². The molecule has 0 radical (unpaired) electrons. The summed E-state index contributed by atoms with van der Waals surface area (Å²) >= 11 is 0. The monoisotopic (exact) mass is 229 g/mol. The van der Waals surface area contributed by atoms with Gasteiger partial charge in [-0.25, -0.2) is 4.98 Å². The fourth-order valence-corrected chi connectivity index (χ4v) is 2.22. The van der Waals surface area contributed by atoms with Gasteiger partial charge in [-0.2, -0.15) is 5.26 Å². The van der Waals surface area contributed by atoms with Crippen molar-refractivity contribution in [3.8, 4) is 6.07 Å². The minimum atomic E-state index is 0.443. The zero-order valence-corrected chi connectivity index (χ0v) is 10.8. The van der Waals surface area contributed by atoms with Crippen molar-refractivity contribution in [2.45, 2.75) is 33.6 Å². The molecule has 1 aliphatic heterocycles. The first-order valence-electron chi connectivity index (χ1n) is 6.14. The molecule has 1 fully saturated rings. The summed E-state index contributed by atoms with van der Waals surface area (Å²) in [7, 11) is 0. The number of rotatable bonds is 1. The lowest BCUT2D eigenvalue weighted by molar-refractivity contribution is 0.279. The molecule has 0 aromatic carbocycles. The lowest BCUT2D eigenvalue weighted by Gasteiger charge is -2.37. The second-order valence-corrected chi connectivity index (χ2v) is 5.62. The third-order valence-corrected chi connectivity index (χ3v) is 3.51. The number of nitriles is 1. The quantitative estimate of drug-likeness (QED) is 0.743. The van der Waals surface area contributed by atoms with Crippen LogP contribution in [0.25, 0.3) is 0 Å². The topological polar surface area (TPSA) is 39.9 Å². The zero-order valence-electron chi connectivity index (χ0n) is 10.8. The van der Waals surface area contributed by atoms with Crippen molar-refractivity contribution >= 4 is 5.82 Å². The van der Waals surface area contributed by atoms with Crippen molar-refractivity contribution in [2.75, 3.05) is 18.0 Å². The Balaban J connectivity index is 2.19. The smallest absolute Gasteiger partial charge is 0.130 e. The highest BCUT2D eigenvalue weighted by atomic mass is 15.2. The number of aryl methyl sites for hydroxylation is 1. The Morgan fingerprint density at radius 3 is 2.53 bits per heavy atom. The summed E-state index contributed by atoms with van der Waals surface area (Å²) in [5, 5.41) is 8.97. The lowest BCUT2D eigenvalue weighted by Crippen LogP contribution is -2.37. The van der Waals surface area contributed by atoms with Crippen LogP contribution in [0.3, 0.4) is 0 Å². The normalized spacial score (nSPS) is 18.8. The van der Waals surface area contributed by atoms with Crippen LogP contribution in [0.15, 0.2) is 12.1 Å². The van der Waals surface area contributed by atoms with Gasteiger partial charge in [-0.05, 0) is 37.3 Å². The third-order valence-electron chi connectivity index (χ3n) is 3.51. The van der Waals surface area contributed by atoms with Crippen LogP contribution in [-0.4, -0.2) is 18.1 Å². The molecular weight excluding hydrogens is 210 g/mol. The number of aromatic nitrogens is 1. The summed E-state index contributed by atoms with van der Waals surface area (Å²) in [6, 6.07) is 5.92. The summed E-state index contributed by atoms with van der Waals surface area (Å²) in [6.45, 7) is 8.64. The molecule has 0 aliphatic carbocycles. The molecule has 1 aliphatic rings. The van der Waals surface area contributed by atoms with E-state index in [9.17, 15) is 0 Å². The van der Waals surface area contributed by atoms with Gasteiger partial charge < -0.3 is 4.90 Å². The minimum Gasteiger partial charge on any atom is -0.357 e. The SMILES string of the molecule is Cc1cc(C#N)cc(N2CCC(C)(C)CC2)n1. The van der Waals surface area contributed by atoms with Crippen molar-refractivity contribution in [3.63, 3.8) is 0 Å². The molecule has 1 aromatic heterocycles. The second-order valence-electron chi connectivity index (χ2n) is 5.62. The van der Waals surface area contributed by atoms with E-state index in [2.05, 4.69) is 29.8 Å². The van der Waals surface area contributed by atoms with E-state index in [0.29, 0.717) is 11.0 Å². The van der Waals surface area contributed by atoms with E-state index < -0.39 is 0 Å². The number of nitrogens with zero attached hydrogens (tertiary/aromatic N) is 3. The third kappa shape index (κ3) is 2.76. The molecule has 1 aromatic rings. The number of anilines is 1. The van der Waals surface area contributed by atoms with Gasteiger partial charge in [0.15, 0.2) is 0 Å². The average molecular weight is 229 g/mol. The van der Waals surface area contributed by atoms with Crippen LogP contribution in [0.5, 0.6) is 0 Å². The summed E-state index contributed by atoms with van der Waals surface area (Å²) in [4.78, 5) is 6.82. The average Bonchev–Trinajstić information content (AvgIpc) is 2.28. The maximum Gasteiger partial charge on any atom is 0.130 e. The van der Waals surface area contributed by atoms with E-state index >= 15 is 0 Å². The van der Waals surface area contributed by atoms with Gasteiger partial charge in [-0.15, -0.1) is 0 Å². The highest BCUT2D eigenvalue weighted by Crippen LogP contribution is 2.31. The number of pyridine rings is 1. The van der Waals surface area contributed by atoms with E-state index in [-0.39, 0.29) is 0 Å². The van der Waals surface area contributed by atoms with Crippen molar-refractivity contribution in [2.24, 2.45) is 5.41 Å². The molecule has 2 heterocycles. The minimum absolute atomic E-state index is 0.443. The molecule has 0 bridgehead atoms. The van der Waals surface area contributed by atoms with Crippen LogP contribution in [0.1, 0.15) is 37.9 Å². The van der Waals surface area contributed by atoms with Gasteiger partial charge in [0.05, 0.1) is 11.6 Å². The molecule has 0 saturated carbocycles. The Morgan fingerprint density at radius 2 is 1.94 bits per heavy atom. The number of hydrogen-bond acceptors (Lipinski definition) is 3. The summed E-state index contributed by atoms with van der Waals surface area (Å²) < 4.78 is 0. The Kier molecular flexibility index (Phi) is 3.06. The zero-order chi connectivity index (χ0) is 12.5. The van der Waals surface area contributed by atoms with Gasteiger partial charge in [0.25, 0.3) is 0 Å². The molecule has 0 unspecified atom stereocenters. The molecule has 0 amide bonds. The highest BCUT2D eigenvalue weighted by Gasteiger charge is 2.26. The Hall–Kier alpha value is -1.56. The van der Waals surface area contributed by atoms with Gasteiger partial charge in [0.2, 0.25) is 0 Å². The van der Waals surface area contributed by atoms with Gasteiger partial charge in [0, 0.05) is 18.8 Å². The second kappa shape index (κ2) is 4.37. The van der Waals surface area contributed by atoms with Crippen LogP contribution in [-0.2, 0) is 0 Å². The van der Waals surface area contributed by atoms with Gasteiger partial charge in [-0.1, -0.05) is 13.8 Å². The Bertz CT molecular complexity index is 447. The predicted octanol–water partition coefficient (Wildman–Crippen LogP) is 2.89. The van der Waals surface area contributed by atoms with Crippen LogP contribution < -0.4 is 4.90 Å². The van der Waals surface area contributed by atoms with E-state index in [1.54, 1.807) is 0 Å². The molecule has 0 N–H and O–H groups in total. The molecule has 3 heteroatoms. The van der Waals surface area contributed by atoms with Crippen LogP contribution in [0, 0.1) is 23.7 Å². The Morgan fingerprint density at radius 1 is 1.29 bits per heavy atom. The molecule has 3 nitrogen and oxygen atoms in total. The molecule has 0 spiro atoms.